The minimum Gasteiger partial charge on any atom is -0.313 e. The molecule has 0 saturated heterocycles. The molecule has 0 aliphatic heterocycles. The minimum absolute atomic E-state index is 0.421. The molecule has 3 heteroatoms. The van der Waals surface area contributed by atoms with Crippen molar-refractivity contribution in [1.29, 1.82) is 0 Å². The fourth-order valence-electron chi connectivity index (χ4n) is 4.05. The molecule has 0 amide bonds. The summed E-state index contributed by atoms with van der Waals surface area (Å²) in [7, 11) is 2.08. The summed E-state index contributed by atoms with van der Waals surface area (Å²) in [6.07, 6.45) is 3.29. The van der Waals surface area contributed by atoms with E-state index in [1.165, 1.54) is 17.8 Å². The van der Waals surface area contributed by atoms with Crippen LogP contribution in [0.5, 0.6) is 0 Å². The molecule has 1 aliphatic rings. The van der Waals surface area contributed by atoms with Crippen LogP contribution in [0.3, 0.4) is 0 Å². The first kappa shape index (κ1) is 16.5. The summed E-state index contributed by atoms with van der Waals surface area (Å²) in [6, 6.07) is 2.83. The molecule has 1 atom stereocenters. The number of nitrogens with zero attached hydrogens (tertiary/aromatic N) is 2. The van der Waals surface area contributed by atoms with Gasteiger partial charge < -0.3 is 5.32 Å². The van der Waals surface area contributed by atoms with E-state index in [1.54, 1.807) is 0 Å². The second-order valence-electron chi connectivity index (χ2n) is 7.79. The maximum absolute atomic E-state index is 4.60. The van der Waals surface area contributed by atoms with Crippen molar-refractivity contribution in [2.75, 3.05) is 6.54 Å². The Morgan fingerprint density at radius 1 is 1.24 bits per heavy atom. The summed E-state index contributed by atoms with van der Waals surface area (Å²) in [5.41, 5.74) is 3.41. The molecular formula is C18H33N3. The van der Waals surface area contributed by atoms with Gasteiger partial charge in [0.25, 0.3) is 0 Å². The van der Waals surface area contributed by atoms with Crippen LogP contribution in [-0.4, -0.2) is 22.4 Å². The molecule has 1 aliphatic carbocycles. The summed E-state index contributed by atoms with van der Waals surface area (Å²) in [4.78, 5) is 0. The van der Waals surface area contributed by atoms with Crippen molar-refractivity contribution in [3.8, 4) is 0 Å². The molecule has 2 rings (SSSR count). The topological polar surface area (TPSA) is 29.9 Å². The average molecular weight is 291 g/mol. The van der Waals surface area contributed by atoms with Gasteiger partial charge in [-0.2, -0.15) is 5.10 Å². The maximum atomic E-state index is 4.60. The molecule has 0 bridgehead atoms. The number of nitrogens with one attached hydrogen (secondary N) is 1. The van der Waals surface area contributed by atoms with Gasteiger partial charge >= 0.3 is 0 Å². The van der Waals surface area contributed by atoms with Gasteiger partial charge in [0.15, 0.2) is 0 Å². The first-order valence-electron chi connectivity index (χ1n) is 8.50. The number of aryl methyl sites for hydroxylation is 2. The standard InChI is InChI=1S/C18H33N3/c1-8-10-19-15(16-17(3,4)18(16,5)6)12-14-11-13(9-2)20-21(14)7/h11,15-16,19H,8-10,12H2,1-7H3. The summed E-state index contributed by atoms with van der Waals surface area (Å²) in [5, 5.41) is 8.41. The Kier molecular flexibility index (Phi) is 4.53. The van der Waals surface area contributed by atoms with Crippen LogP contribution >= 0.6 is 0 Å². The van der Waals surface area contributed by atoms with Crippen molar-refractivity contribution in [2.24, 2.45) is 23.8 Å². The molecule has 1 unspecified atom stereocenters. The lowest BCUT2D eigenvalue weighted by molar-refractivity contribution is 0.388. The van der Waals surface area contributed by atoms with Crippen LogP contribution in [0.2, 0.25) is 0 Å². The number of rotatable bonds is 7. The lowest BCUT2D eigenvalue weighted by atomic mass is 9.99. The Morgan fingerprint density at radius 2 is 1.86 bits per heavy atom. The van der Waals surface area contributed by atoms with Gasteiger partial charge in [0.05, 0.1) is 5.69 Å². The van der Waals surface area contributed by atoms with E-state index in [0.717, 1.165) is 25.3 Å². The zero-order chi connectivity index (χ0) is 15.8. The van der Waals surface area contributed by atoms with Gasteiger partial charge in [-0.15, -0.1) is 0 Å². The van der Waals surface area contributed by atoms with Crippen LogP contribution in [-0.2, 0) is 19.9 Å². The molecule has 1 heterocycles. The third kappa shape index (κ3) is 2.90. The quantitative estimate of drug-likeness (QED) is 0.832. The van der Waals surface area contributed by atoms with Crippen LogP contribution in [0.4, 0.5) is 0 Å². The average Bonchev–Trinajstić information content (AvgIpc) is 2.70. The molecule has 120 valence electrons. The highest BCUT2D eigenvalue weighted by molar-refractivity contribution is 5.20. The van der Waals surface area contributed by atoms with Crippen LogP contribution in [0, 0.1) is 16.7 Å². The monoisotopic (exact) mass is 291 g/mol. The molecule has 0 spiro atoms. The SMILES string of the molecule is CCCNC(Cc1cc(CC)nn1C)C1C(C)(C)C1(C)C. The van der Waals surface area contributed by atoms with Gasteiger partial charge in [-0.25, -0.2) is 0 Å². The molecule has 3 nitrogen and oxygen atoms in total. The van der Waals surface area contributed by atoms with Crippen molar-refractivity contribution in [3.63, 3.8) is 0 Å². The lowest BCUT2D eigenvalue weighted by Crippen LogP contribution is -2.36. The van der Waals surface area contributed by atoms with Crippen molar-refractivity contribution in [3.05, 3.63) is 17.5 Å². The summed E-state index contributed by atoms with van der Waals surface area (Å²) < 4.78 is 2.07. The second-order valence-corrected chi connectivity index (χ2v) is 7.79. The van der Waals surface area contributed by atoms with E-state index in [2.05, 4.69) is 69.8 Å². The zero-order valence-corrected chi connectivity index (χ0v) is 15.0. The predicted octanol–water partition coefficient (Wildman–Crippen LogP) is 3.58. The molecule has 0 radical (unpaired) electrons. The van der Waals surface area contributed by atoms with E-state index < -0.39 is 0 Å². The highest BCUT2D eigenvalue weighted by Crippen LogP contribution is 2.69. The molecule has 1 aromatic heterocycles. The Hall–Kier alpha value is -0.830. The van der Waals surface area contributed by atoms with Crippen LogP contribution in [0.15, 0.2) is 6.07 Å². The van der Waals surface area contributed by atoms with Crippen molar-refractivity contribution < 1.29 is 0 Å². The second kappa shape index (κ2) is 5.75. The van der Waals surface area contributed by atoms with Crippen molar-refractivity contribution in [2.45, 2.75) is 66.8 Å². The van der Waals surface area contributed by atoms with Gasteiger partial charge in [0.1, 0.15) is 0 Å². The van der Waals surface area contributed by atoms with E-state index >= 15 is 0 Å². The Balaban J connectivity index is 2.16. The van der Waals surface area contributed by atoms with Gasteiger partial charge in [0.2, 0.25) is 0 Å². The summed E-state index contributed by atoms with van der Waals surface area (Å²) >= 11 is 0. The molecule has 1 fully saturated rings. The van der Waals surface area contributed by atoms with E-state index in [-0.39, 0.29) is 0 Å². The number of hydrogen-bond acceptors (Lipinski definition) is 2. The molecular weight excluding hydrogens is 258 g/mol. The van der Waals surface area contributed by atoms with Crippen LogP contribution in [0.1, 0.15) is 59.4 Å². The van der Waals surface area contributed by atoms with Crippen LogP contribution < -0.4 is 5.32 Å². The number of hydrogen-bond donors (Lipinski definition) is 1. The van der Waals surface area contributed by atoms with E-state index in [1.807, 2.05) is 0 Å². The van der Waals surface area contributed by atoms with Gasteiger partial charge in [-0.3, -0.25) is 4.68 Å². The fraction of sp³-hybridized carbons (Fsp3) is 0.833. The number of aromatic nitrogens is 2. The Morgan fingerprint density at radius 3 is 2.29 bits per heavy atom. The van der Waals surface area contributed by atoms with Crippen molar-refractivity contribution >= 4 is 0 Å². The Labute approximate surface area is 130 Å². The van der Waals surface area contributed by atoms with E-state index in [0.29, 0.717) is 16.9 Å². The molecule has 1 saturated carbocycles. The first-order valence-corrected chi connectivity index (χ1v) is 8.50. The van der Waals surface area contributed by atoms with Gasteiger partial charge in [-0.1, -0.05) is 41.5 Å². The predicted molar refractivity (Wildman–Crippen MR) is 89.4 cm³/mol. The van der Waals surface area contributed by atoms with E-state index in [9.17, 15) is 0 Å². The first-order chi connectivity index (χ1) is 9.75. The van der Waals surface area contributed by atoms with Gasteiger partial charge in [-0.05, 0) is 42.2 Å². The van der Waals surface area contributed by atoms with Crippen molar-refractivity contribution in [1.82, 2.24) is 15.1 Å². The molecule has 1 aromatic rings. The summed E-state index contributed by atoms with van der Waals surface area (Å²) in [6.45, 7) is 15.2. The Bertz CT molecular complexity index is 471. The molecule has 0 aromatic carbocycles. The summed E-state index contributed by atoms with van der Waals surface area (Å²) in [5.74, 6) is 0.733. The lowest BCUT2D eigenvalue weighted by Gasteiger charge is -2.21. The zero-order valence-electron chi connectivity index (χ0n) is 15.0. The smallest absolute Gasteiger partial charge is 0.0624 e. The fourth-order valence-corrected chi connectivity index (χ4v) is 4.05. The highest BCUT2D eigenvalue weighted by atomic mass is 15.3. The molecule has 21 heavy (non-hydrogen) atoms. The normalized spacial score (nSPS) is 21.5. The third-order valence-corrected chi connectivity index (χ3v) is 6.01. The van der Waals surface area contributed by atoms with E-state index in [4.69, 9.17) is 0 Å². The highest BCUT2D eigenvalue weighted by Gasteiger charge is 2.66. The van der Waals surface area contributed by atoms with Crippen LogP contribution in [0.25, 0.3) is 0 Å². The minimum atomic E-state index is 0.421. The largest absolute Gasteiger partial charge is 0.313 e. The molecule has 1 N–H and O–H groups in total. The van der Waals surface area contributed by atoms with Gasteiger partial charge in [0, 0.05) is 25.2 Å². The maximum Gasteiger partial charge on any atom is 0.0624 e. The third-order valence-electron chi connectivity index (χ3n) is 6.01.